The van der Waals surface area contributed by atoms with Crippen LogP contribution in [0.15, 0.2) is 48.5 Å². The Kier molecular flexibility index (Phi) is 5.83. The third-order valence-corrected chi connectivity index (χ3v) is 7.52. The van der Waals surface area contributed by atoms with Gasteiger partial charge in [0.05, 0.1) is 11.1 Å². The van der Waals surface area contributed by atoms with E-state index in [0.717, 1.165) is 6.07 Å². The average Bonchev–Trinajstić information content (AvgIpc) is 2.92. The average molecular weight is 547 g/mol. The zero-order valence-corrected chi connectivity index (χ0v) is 21.0. The second kappa shape index (κ2) is 9.26. The van der Waals surface area contributed by atoms with Crippen molar-refractivity contribution in [2.75, 3.05) is 0 Å². The first kappa shape index (κ1) is 25.2. The van der Waals surface area contributed by atoms with Crippen LogP contribution in [0.4, 0.5) is 0 Å². The summed E-state index contributed by atoms with van der Waals surface area (Å²) in [5.74, 6) is -2.23. The normalized spacial score (nSPS) is 17.8. The number of hydrogen-bond acceptors (Lipinski definition) is 10. The number of fused-ring (bicyclic) bond motifs is 2. The molecule has 4 aromatic carbocycles. The molecule has 2 atom stereocenters. The van der Waals surface area contributed by atoms with E-state index >= 15 is 0 Å². The lowest BCUT2D eigenvalue weighted by molar-refractivity contribution is 0.172. The predicted molar refractivity (Wildman–Crippen MR) is 141 cm³/mol. The summed E-state index contributed by atoms with van der Waals surface area (Å²) >= 11 is 0. The first-order valence-corrected chi connectivity index (χ1v) is 12.7. The molecule has 0 aliphatic carbocycles. The van der Waals surface area contributed by atoms with E-state index in [9.17, 15) is 40.9 Å². The van der Waals surface area contributed by atoms with E-state index in [0.29, 0.717) is 47.9 Å². The molecule has 2 aliphatic rings. The molecule has 2 aliphatic heterocycles. The number of phenols is 8. The van der Waals surface area contributed by atoms with Crippen molar-refractivity contribution in [3.8, 4) is 68.6 Å². The number of hydrogen-bond donors (Lipinski definition) is 8. The highest BCUT2D eigenvalue weighted by molar-refractivity contribution is 5.89. The number of benzene rings is 4. The molecule has 206 valence electrons. The molecule has 0 radical (unpaired) electrons. The van der Waals surface area contributed by atoms with Crippen LogP contribution in [0.1, 0.15) is 47.3 Å². The highest BCUT2D eigenvalue weighted by Gasteiger charge is 2.34. The van der Waals surface area contributed by atoms with Gasteiger partial charge in [0.15, 0.2) is 23.0 Å². The van der Waals surface area contributed by atoms with E-state index in [1.165, 1.54) is 30.3 Å². The number of rotatable bonds is 3. The molecule has 0 saturated heterocycles. The van der Waals surface area contributed by atoms with Crippen molar-refractivity contribution in [1.29, 1.82) is 0 Å². The Balaban J connectivity index is 1.41. The van der Waals surface area contributed by atoms with Crippen LogP contribution in [0.3, 0.4) is 0 Å². The predicted octanol–water partition coefficient (Wildman–Crippen LogP) is 5.13. The summed E-state index contributed by atoms with van der Waals surface area (Å²) in [5.41, 5.74) is 1.83. The van der Waals surface area contributed by atoms with Crippen molar-refractivity contribution in [2.24, 2.45) is 0 Å². The lowest BCUT2D eigenvalue weighted by atomic mass is 9.89. The van der Waals surface area contributed by atoms with Crippen LogP contribution in [0.25, 0.3) is 11.1 Å². The maximum atomic E-state index is 11.3. The SMILES string of the molecule is Oc1ccc([C@@H]2CCc3c(cc(O)c(-c4c(O)cc(O)c5c4O[C@H](c4ccc(O)c(O)c4)CC5)c3O)O2)cc1O. The summed E-state index contributed by atoms with van der Waals surface area (Å²) < 4.78 is 12.2. The Morgan fingerprint density at radius 1 is 0.500 bits per heavy atom. The molecule has 8 N–H and O–H groups in total. The summed E-state index contributed by atoms with van der Waals surface area (Å²) in [4.78, 5) is 0. The fourth-order valence-electron chi connectivity index (χ4n) is 5.47. The van der Waals surface area contributed by atoms with Crippen molar-refractivity contribution >= 4 is 0 Å². The standard InChI is InChI=1S/C30H26O10/c31-17-5-1-13(9-20(17)34)24-8-4-16-26(39-24)12-23(37)27(29(16)38)28-22(36)11-19(33)15-3-7-25(40-30(15)28)14-2-6-18(32)21(35)10-14/h1-2,5-6,9-12,24-25,31-38H,3-4,7-8H2/t24-,25-/m0/s1. The molecule has 6 rings (SSSR count). The maximum Gasteiger partial charge on any atom is 0.157 e. The van der Waals surface area contributed by atoms with Crippen LogP contribution in [0.2, 0.25) is 0 Å². The summed E-state index contributed by atoms with van der Waals surface area (Å²) in [6.45, 7) is 0. The summed E-state index contributed by atoms with van der Waals surface area (Å²) in [6, 6.07) is 11.1. The maximum absolute atomic E-state index is 11.3. The molecule has 0 saturated carbocycles. The summed E-state index contributed by atoms with van der Waals surface area (Å²) in [5, 5.41) is 83.0. The topological polar surface area (TPSA) is 180 Å². The van der Waals surface area contributed by atoms with Gasteiger partial charge in [-0.3, -0.25) is 0 Å². The summed E-state index contributed by atoms with van der Waals surface area (Å²) in [6.07, 6.45) is 0.364. The van der Waals surface area contributed by atoms with E-state index in [-0.39, 0.29) is 57.1 Å². The lowest BCUT2D eigenvalue weighted by Crippen LogP contribution is -2.17. The van der Waals surface area contributed by atoms with Gasteiger partial charge < -0.3 is 50.3 Å². The third-order valence-electron chi connectivity index (χ3n) is 7.52. The minimum absolute atomic E-state index is 0.0103. The molecule has 0 unspecified atom stereocenters. The highest BCUT2D eigenvalue weighted by atomic mass is 16.5. The van der Waals surface area contributed by atoms with Gasteiger partial charge in [0.25, 0.3) is 0 Å². The van der Waals surface area contributed by atoms with E-state index in [2.05, 4.69) is 0 Å². The van der Waals surface area contributed by atoms with Gasteiger partial charge >= 0.3 is 0 Å². The van der Waals surface area contributed by atoms with Crippen LogP contribution in [-0.2, 0) is 12.8 Å². The molecule has 2 heterocycles. The van der Waals surface area contributed by atoms with Gasteiger partial charge in [-0.25, -0.2) is 0 Å². The molecular weight excluding hydrogens is 520 g/mol. The number of ether oxygens (including phenoxy) is 2. The van der Waals surface area contributed by atoms with Gasteiger partial charge in [-0.2, -0.15) is 0 Å². The van der Waals surface area contributed by atoms with Crippen molar-refractivity contribution in [2.45, 2.75) is 37.9 Å². The quantitative estimate of drug-likeness (QED) is 0.160. The van der Waals surface area contributed by atoms with Crippen molar-refractivity contribution in [1.82, 2.24) is 0 Å². The molecule has 0 bridgehead atoms. The first-order chi connectivity index (χ1) is 19.1. The van der Waals surface area contributed by atoms with Crippen LogP contribution in [0.5, 0.6) is 57.5 Å². The van der Waals surface area contributed by atoms with Gasteiger partial charge in [-0.15, -0.1) is 0 Å². The molecule has 40 heavy (non-hydrogen) atoms. The zero-order chi connectivity index (χ0) is 28.3. The molecule has 10 nitrogen and oxygen atoms in total. The monoisotopic (exact) mass is 546 g/mol. The van der Waals surface area contributed by atoms with Crippen LogP contribution in [0, 0.1) is 0 Å². The van der Waals surface area contributed by atoms with Crippen molar-refractivity contribution in [3.63, 3.8) is 0 Å². The second-order valence-corrected chi connectivity index (χ2v) is 9.98. The van der Waals surface area contributed by atoms with Gasteiger partial charge in [-0.05, 0) is 61.1 Å². The fourth-order valence-corrected chi connectivity index (χ4v) is 5.47. The largest absolute Gasteiger partial charge is 0.507 e. The smallest absolute Gasteiger partial charge is 0.157 e. The lowest BCUT2D eigenvalue weighted by Gasteiger charge is -2.31. The fraction of sp³-hybridized carbons (Fsp3) is 0.200. The highest BCUT2D eigenvalue weighted by Crippen LogP contribution is 2.56. The van der Waals surface area contributed by atoms with Crippen LogP contribution >= 0.6 is 0 Å². The Morgan fingerprint density at radius 2 is 1.05 bits per heavy atom. The van der Waals surface area contributed by atoms with Crippen LogP contribution in [-0.4, -0.2) is 40.9 Å². The Bertz CT molecular complexity index is 1660. The molecule has 0 spiro atoms. The first-order valence-electron chi connectivity index (χ1n) is 12.7. The molecule has 4 aromatic rings. The number of aromatic hydroxyl groups is 8. The molecular formula is C30H26O10. The van der Waals surface area contributed by atoms with Crippen LogP contribution < -0.4 is 9.47 Å². The summed E-state index contributed by atoms with van der Waals surface area (Å²) in [7, 11) is 0. The number of phenolic OH excluding ortho intramolecular Hbond substituents is 8. The van der Waals surface area contributed by atoms with Gasteiger partial charge in [0.1, 0.15) is 46.7 Å². The molecule has 10 heteroatoms. The van der Waals surface area contributed by atoms with Gasteiger partial charge in [0, 0.05) is 23.3 Å². The van der Waals surface area contributed by atoms with E-state index in [4.69, 9.17) is 9.47 Å². The molecule has 0 amide bonds. The second-order valence-electron chi connectivity index (χ2n) is 9.98. The molecule has 0 fully saturated rings. The zero-order valence-electron chi connectivity index (χ0n) is 21.0. The minimum Gasteiger partial charge on any atom is -0.507 e. The van der Waals surface area contributed by atoms with Gasteiger partial charge in [-0.1, -0.05) is 12.1 Å². The van der Waals surface area contributed by atoms with E-state index < -0.39 is 23.7 Å². The van der Waals surface area contributed by atoms with Crippen molar-refractivity contribution < 1.29 is 50.3 Å². The van der Waals surface area contributed by atoms with Gasteiger partial charge in [0.2, 0.25) is 0 Å². The van der Waals surface area contributed by atoms with Crippen molar-refractivity contribution in [3.05, 3.63) is 70.8 Å². The van der Waals surface area contributed by atoms with E-state index in [1.54, 1.807) is 12.1 Å². The minimum atomic E-state index is -0.619. The Morgan fingerprint density at radius 3 is 1.65 bits per heavy atom. The Hall–Kier alpha value is -5.12. The Labute approximate surface area is 227 Å². The van der Waals surface area contributed by atoms with E-state index in [1.807, 2.05) is 0 Å². The third kappa shape index (κ3) is 4.05. The molecule has 0 aromatic heterocycles.